The number of carboxylic acid groups (broad SMARTS) is 1. The van der Waals surface area contributed by atoms with E-state index in [9.17, 15) is 45.7 Å². The predicted octanol–water partition coefficient (Wildman–Crippen LogP) is 5.10. The van der Waals surface area contributed by atoms with Crippen LogP contribution in [0.5, 0.6) is 5.75 Å². The zero-order chi connectivity index (χ0) is 27.3. The standard InChI is InChI=1S/C20H10Br4O10S2/c21-16-14(15(20(27)28)17(22)19(24)18(16)23)13(7-1-3-9(25)11(5-7)35(29,30)31)8-2-4-10(26)12(6-8)36(32,33)34/h1-6,25H,(H,27,28)(H,29,30,31)(H,32,33,34)/b13-8-. The summed E-state index contributed by atoms with van der Waals surface area (Å²) >= 11 is 13.0. The van der Waals surface area contributed by atoms with Gasteiger partial charge in [0.25, 0.3) is 20.2 Å². The van der Waals surface area contributed by atoms with E-state index in [2.05, 4.69) is 63.7 Å². The number of carbonyl (C=O) groups excluding carboxylic acids is 1. The fourth-order valence-electron chi connectivity index (χ4n) is 3.26. The Labute approximate surface area is 237 Å². The molecule has 1 aliphatic carbocycles. The smallest absolute Gasteiger partial charge is 0.337 e. The highest BCUT2D eigenvalue weighted by atomic mass is 79.9. The first-order chi connectivity index (χ1) is 16.5. The lowest BCUT2D eigenvalue weighted by Gasteiger charge is -2.21. The van der Waals surface area contributed by atoms with E-state index in [0.29, 0.717) is 4.47 Å². The van der Waals surface area contributed by atoms with Crippen molar-refractivity contribution in [1.82, 2.24) is 0 Å². The number of carbonyl (C=O) groups is 2. The second-order valence-electron chi connectivity index (χ2n) is 6.98. The third-order valence-electron chi connectivity index (χ3n) is 4.77. The van der Waals surface area contributed by atoms with Crippen LogP contribution in [0.25, 0.3) is 5.57 Å². The molecule has 0 aromatic heterocycles. The third kappa shape index (κ3) is 5.45. The topological polar surface area (TPSA) is 183 Å². The van der Waals surface area contributed by atoms with Crippen LogP contribution < -0.4 is 0 Å². The lowest BCUT2D eigenvalue weighted by molar-refractivity contribution is -0.110. The summed E-state index contributed by atoms with van der Waals surface area (Å²) in [6.45, 7) is 0. The number of aromatic hydroxyl groups is 1. The molecule has 0 amide bonds. The predicted molar refractivity (Wildman–Crippen MR) is 142 cm³/mol. The molecular formula is C20H10Br4O10S2. The van der Waals surface area contributed by atoms with Crippen molar-refractivity contribution in [2.75, 3.05) is 0 Å². The molecule has 2 aromatic carbocycles. The molecule has 4 N–H and O–H groups in total. The molecule has 36 heavy (non-hydrogen) atoms. The number of rotatable bonds is 5. The second-order valence-corrected chi connectivity index (χ2v) is 12.9. The normalized spacial score (nSPS) is 15.6. The van der Waals surface area contributed by atoms with Crippen molar-refractivity contribution in [3.8, 4) is 5.75 Å². The SMILES string of the molecule is O=C1C=C/C(=C(\c2ccc(O)c(S(=O)(=O)O)c2)c2c(Br)c(Br)c(Br)c(Br)c2C(=O)O)C=C1S(=O)(=O)O. The largest absolute Gasteiger partial charge is 0.506 e. The van der Waals surface area contributed by atoms with Gasteiger partial charge in [-0.15, -0.1) is 0 Å². The molecule has 0 radical (unpaired) electrons. The van der Waals surface area contributed by atoms with Gasteiger partial charge < -0.3 is 10.2 Å². The number of benzene rings is 2. The first kappa shape index (κ1) is 28.9. The van der Waals surface area contributed by atoms with E-state index < -0.39 is 47.5 Å². The molecule has 2 aromatic rings. The number of hydrogen-bond donors (Lipinski definition) is 4. The molecule has 3 rings (SSSR count). The van der Waals surface area contributed by atoms with Gasteiger partial charge in [0.2, 0.25) is 0 Å². The molecule has 0 bridgehead atoms. The minimum Gasteiger partial charge on any atom is -0.506 e. The Balaban J connectivity index is 2.65. The zero-order valence-electron chi connectivity index (χ0n) is 17.0. The molecule has 190 valence electrons. The van der Waals surface area contributed by atoms with E-state index in [1.54, 1.807) is 0 Å². The lowest BCUT2D eigenvalue weighted by Crippen LogP contribution is -2.14. The molecule has 10 nitrogen and oxygen atoms in total. The number of aromatic carboxylic acids is 1. The molecule has 16 heteroatoms. The maximum absolute atomic E-state index is 12.3. The van der Waals surface area contributed by atoms with Gasteiger partial charge in [-0.1, -0.05) is 12.1 Å². The number of phenols is 1. The number of halogens is 4. The second kappa shape index (κ2) is 10.2. The van der Waals surface area contributed by atoms with Crippen molar-refractivity contribution in [3.63, 3.8) is 0 Å². The highest BCUT2D eigenvalue weighted by molar-refractivity contribution is 9.15. The van der Waals surface area contributed by atoms with E-state index >= 15 is 0 Å². The Kier molecular flexibility index (Phi) is 8.23. The molecule has 0 unspecified atom stereocenters. The first-order valence-electron chi connectivity index (χ1n) is 9.03. The van der Waals surface area contributed by atoms with Crippen molar-refractivity contribution < 1.29 is 45.7 Å². The van der Waals surface area contributed by atoms with Crippen LogP contribution in [-0.2, 0) is 25.0 Å². The van der Waals surface area contributed by atoms with Crippen molar-refractivity contribution in [3.05, 3.63) is 81.5 Å². The van der Waals surface area contributed by atoms with Crippen molar-refractivity contribution in [2.24, 2.45) is 0 Å². The molecule has 0 saturated carbocycles. The summed E-state index contributed by atoms with van der Waals surface area (Å²) in [6, 6.07) is 2.93. The fraction of sp³-hybridized carbons (Fsp3) is 0. The van der Waals surface area contributed by atoms with Gasteiger partial charge in [0.05, 0.1) is 5.56 Å². The maximum atomic E-state index is 12.3. The van der Waals surface area contributed by atoms with Crippen molar-refractivity contribution in [2.45, 2.75) is 4.90 Å². The molecule has 0 atom stereocenters. The van der Waals surface area contributed by atoms with Crippen LogP contribution >= 0.6 is 63.7 Å². The Morgan fingerprint density at radius 2 is 1.36 bits per heavy atom. The number of carboxylic acids is 1. The van der Waals surface area contributed by atoms with Gasteiger partial charge in [-0.3, -0.25) is 13.9 Å². The summed E-state index contributed by atoms with van der Waals surface area (Å²) in [5.41, 5.74) is -0.851. The van der Waals surface area contributed by atoms with Crippen LogP contribution in [-0.4, -0.2) is 47.9 Å². The first-order valence-corrected chi connectivity index (χ1v) is 15.1. The Morgan fingerprint density at radius 3 is 1.86 bits per heavy atom. The molecule has 0 fully saturated rings. The van der Waals surface area contributed by atoms with Gasteiger partial charge in [-0.2, -0.15) is 16.8 Å². The summed E-state index contributed by atoms with van der Waals surface area (Å²) in [7, 11) is -9.96. The summed E-state index contributed by atoms with van der Waals surface area (Å²) in [4.78, 5) is 22.5. The van der Waals surface area contributed by atoms with Crippen LogP contribution in [0, 0.1) is 0 Å². The Hall–Kier alpha value is -1.66. The van der Waals surface area contributed by atoms with Gasteiger partial charge in [0.15, 0.2) is 5.78 Å². The number of phenolic OH excluding ortho intramolecular Hbond substituents is 1. The third-order valence-corrected chi connectivity index (χ3v) is 11.3. The Morgan fingerprint density at radius 1 is 0.806 bits per heavy atom. The van der Waals surface area contributed by atoms with E-state index in [4.69, 9.17) is 0 Å². The van der Waals surface area contributed by atoms with Crippen molar-refractivity contribution >= 4 is 101 Å². The van der Waals surface area contributed by atoms with Crippen LogP contribution in [0.2, 0.25) is 0 Å². The minimum absolute atomic E-state index is 0.0433. The lowest BCUT2D eigenvalue weighted by atomic mass is 9.88. The molecule has 0 spiro atoms. The van der Waals surface area contributed by atoms with E-state index in [-0.39, 0.29) is 41.3 Å². The zero-order valence-corrected chi connectivity index (χ0v) is 25.0. The maximum Gasteiger partial charge on any atom is 0.337 e. The highest BCUT2D eigenvalue weighted by Gasteiger charge is 2.31. The number of ketones is 1. The van der Waals surface area contributed by atoms with Crippen LogP contribution in [0.4, 0.5) is 0 Å². The monoisotopic (exact) mass is 790 g/mol. The molecule has 0 heterocycles. The molecule has 1 aliphatic rings. The quantitative estimate of drug-likeness (QED) is 0.181. The van der Waals surface area contributed by atoms with E-state index in [0.717, 1.165) is 30.4 Å². The average molecular weight is 794 g/mol. The minimum atomic E-state index is -5.01. The summed E-state index contributed by atoms with van der Waals surface area (Å²) in [6.07, 6.45) is 2.74. The summed E-state index contributed by atoms with van der Waals surface area (Å²) in [5.74, 6) is -3.32. The van der Waals surface area contributed by atoms with Gasteiger partial charge in [0, 0.05) is 23.5 Å². The number of hydrogen-bond acceptors (Lipinski definition) is 7. The van der Waals surface area contributed by atoms with Gasteiger partial charge in [0.1, 0.15) is 15.6 Å². The number of allylic oxidation sites excluding steroid dienone is 5. The average Bonchev–Trinajstić information content (AvgIpc) is 2.76. The van der Waals surface area contributed by atoms with Crippen LogP contribution in [0.1, 0.15) is 21.5 Å². The van der Waals surface area contributed by atoms with Gasteiger partial charge in [-0.05, 0) is 105 Å². The molecule has 0 saturated heterocycles. The Bertz CT molecular complexity index is 1670. The summed E-state index contributed by atoms with van der Waals surface area (Å²) < 4.78 is 67.1. The summed E-state index contributed by atoms with van der Waals surface area (Å²) in [5, 5.41) is 20.0. The van der Waals surface area contributed by atoms with E-state index in [1.807, 2.05) is 0 Å². The van der Waals surface area contributed by atoms with Crippen LogP contribution in [0.3, 0.4) is 0 Å². The van der Waals surface area contributed by atoms with Crippen molar-refractivity contribution in [1.29, 1.82) is 0 Å². The molecule has 0 aliphatic heterocycles. The van der Waals surface area contributed by atoms with Gasteiger partial charge >= 0.3 is 5.97 Å². The molecular weight excluding hydrogens is 784 g/mol. The van der Waals surface area contributed by atoms with Gasteiger partial charge in [-0.25, -0.2) is 4.79 Å². The fourth-order valence-corrected chi connectivity index (χ4v) is 6.96. The highest BCUT2D eigenvalue weighted by Crippen LogP contribution is 2.47. The van der Waals surface area contributed by atoms with Crippen LogP contribution in [0.15, 0.2) is 69.7 Å². The van der Waals surface area contributed by atoms with E-state index in [1.165, 1.54) is 6.07 Å².